The fourth-order valence-corrected chi connectivity index (χ4v) is 2.58. The minimum atomic E-state index is 0.531. The third-order valence-electron chi connectivity index (χ3n) is 3.73. The molecule has 0 amide bonds. The van der Waals surface area contributed by atoms with Gasteiger partial charge >= 0.3 is 6.01 Å². The number of nitrogens with zero attached hydrogens (tertiary/aromatic N) is 4. The van der Waals surface area contributed by atoms with E-state index in [0.717, 1.165) is 26.2 Å². The van der Waals surface area contributed by atoms with Crippen LogP contribution in [-0.2, 0) is 6.42 Å². The van der Waals surface area contributed by atoms with Gasteiger partial charge in [-0.3, -0.25) is 0 Å². The van der Waals surface area contributed by atoms with Gasteiger partial charge in [-0.05, 0) is 24.6 Å². The average molecular weight is 287 g/mol. The minimum absolute atomic E-state index is 0.531. The minimum Gasteiger partial charge on any atom is -0.408 e. The molecule has 112 valence electrons. The smallest absolute Gasteiger partial charge is 0.318 e. The van der Waals surface area contributed by atoms with Gasteiger partial charge in [0.25, 0.3) is 0 Å². The Bertz CT molecular complexity index is 589. The number of aromatic nitrogens is 2. The molecule has 0 bridgehead atoms. The van der Waals surface area contributed by atoms with E-state index in [1.807, 2.05) is 0 Å². The monoisotopic (exact) mass is 287 g/mol. The molecule has 0 radical (unpaired) electrons. The zero-order valence-corrected chi connectivity index (χ0v) is 12.3. The second-order valence-corrected chi connectivity index (χ2v) is 5.33. The van der Waals surface area contributed by atoms with Gasteiger partial charge in [-0.1, -0.05) is 17.2 Å². The standard InChI is InChI=1S/C15H21N5O/c1-12-3-2-4-13(11-12)19-7-9-20(10-8-19)15-18-17-14(21-15)5-6-16/h2-4,11H,5-10,16H2,1H3. The lowest BCUT2D eigenvalue weighted by Crippen LogP contribution is -2.46. The topological polar surface area (TPSA) is 71.4 Å². The van der Waals surface area contributed by atoms with Gasteiger partial charge < -0.3 is 20.0 Å². The molecule has 2 heterocycles. The van der Waals surface area contributed by atoms with Gasteiger partial charge in [0.15, 0.2) is 0 Å². The molecule has 2 N–H and O–H groups in total. The molecule has 1 aromatic carbocycles. The average Bonchev–Trinajstić information content (AvgIpc) is 2.97. The third-order valence-corrected chi connectivity index (χ3v) is 3.73. The van der Waals surface area contributed by atoms with E-state index in [9.17, 15) is 0 Å². The normalized spacial score (nSPS) is 15.5. The van der Waals surface area contributed by atoms with Crippen LogP contribution < -0.4 is 15.5 Å². The summed E-state index contributed by atoms with van der Waals surface area (Å²) in [6, 6.07) is 9.23. The molecule has 1 fully saturated rings. The fraction of sp³-hybridized carbons (Fsp3) is 0.467. The van der Waals surface area contributed by atoms with Crippen LogP contribution in [0.5, 0.6) is 0 Å². The number of rotatable bonds is 4. The van der Waals surface area contributed by atoms with Crippen molar-refractivity contribution in [3.63, 3.8) is 0 Å². The van der Waals surface area contributed by atoms with E-state index in [2.05, 4.69) is 51.2 Å². The van der Waals surface area contributed by atoms with Crippen LogP contribution in [0.2, 0.25) is 0 Å². The van der Waals surface area contributed by atoms with Crippen LogP contribution in [0.1, 0.15) is 11.5 Å². The highest BCUT2D eigenvalue weighted by Crippen LogP contribution is 2.20. The van der Waals surface area contributed by atoms with Gasteiger partial charge in [0, 0.05) is 44.8 Å². The number of piperazine rings is 1. The van der Waals surface area contributed by atoms with Crippen LogP contribution in [0, 0.1) is 6.92 Å². The Morgan fingerprint density at radius 2 is 1.90 bits per heavy atom. The Labute approximate surface area is 124 Å². The summed E-state index contributed by atoms with van der Waals surface area (Å²) in [5, 5.41) is 8.12. The van der Waals surface area contributed by atoms with Crippen LogP contribution in [0.3, 0.4) is 0 Å². The molecule has 0 atom stereocenters. The van der Waals surface area contributed by atoms with Crippen molar-refractivity contribution in [2.75, 3.05) is 42.5 Å². The summed E-state index contributed by atoms with van der Waals surface area (Å²) in [5.41, 5.74) is 8.07. The summed E-state index contributed by atoms with van der Waals surface area (Å²) in [6.45, 7) is 6.34. The molecule has 21 heavy (non-hydrogen) atoms. The molecule has 1 saturated heterocycles. The number of aryl methyl sites for hydroxylation is 1. The fourth-order valence-electron chi connectivity index (χ4n) is 2.58. The summed E-state index contributed by atoms with van der Waals surface area (Å²) in [5.74, 6) is 0.619. The highest BCUT2D eigenvalue weighted by Gasteiger charge is 2.21. The zero-order chi connectivity index (χ0) is 14.7. The summed E-state index contributed by atoms with van der Waals surface area (Å²) < 4.78 is 5.63. The molecule has 1 aromatic heterocycles. The highest BCUT2D eigenvalue weighted by molar-refractivity contribution is 5.50. The predicted molar refractivity (Wildman–Crippen MR) is 82.7 cm³/mol. The van der Waals surface area contributed by atoms with Crippen LogP contribution in [0.4, 0.5) is 11.7 Å². The lowest BCUT2D eigenvalue weighted by Gasteiger charge is -2.35. The molecule has 0 saturated carbocycles. The molecule has 6 nitrogen and oxygen atoms in total. The van der Waals surface area contributed by atoms with Crippen molar-refractivity contribution in [1.82, 2.24) is 10.2 Å². The Balaban J connectivity index is 1.61. The van der Waals surface area contributed by atoms with Crippen molar-refractivity contribution in [3.05, 3.63) is 35.7 Å². The molecule has 0 aliphatic carbocycles. The number of benzene rings is 1. The van der Waals surface area contributed by atoms with Gasteiger partial charge in [0.1, 0.15) is 0 Å². The van der Waals surface area contributed by atoms with E-state index in [4.69, 9.17) is 10.2 Å². The van der Waals surface area contributed by atoms with Gasteiger partial charge in [-0.15, -0.1) is 5.10 Å². The first kappa shape index (κ1) is 13.9. The maximum Gasteiger partial charge on any atom is 0.318 e. The molecule has 6 heteroatoms. The molecule has 3 rings (SSSR count). The quantitative estimate of drug-likeness (QED) is 0.911. The van der Waals surface area contributed by atoms with Crippen molar-refractivity contribution in [3.8, 4) is 0 Å². The second kappa shape index (κ2) is 6.13. The van der Waals surface area contributed by atoms with Gasteiger partial charge in [-0.25, -0.2) is 0 Å². The van der Waals surface area contributed by atoms with Gasteiger partial charge in [0.2, 0.25) is 5.89 Å². The Morgan fingerprint density at radius 3 is 2.62 bits per heavy atom. The van der Waals surface area contributed by atoms with Crippen molar-refractivity contribution in [2.45, 2.75) is 13.3 Å². The lowest BCUT2D eigenvalue weighted by molar-refractivity contribution is 0.475. The molecular formula is C15H21N5O. The second-order valence-electron chi connectivity index (χ2n) is 5.33. The maximum atomic E-state index is 5.63. The predicted octanol–water partition coefficient (Wildman–Crippen LogP) is 1.21. The molecule has 0 unspecified atom stereocenters. The number of hydrogen-bond acceptors (Lipinski definition) is 6. The largest absolute Gasteiger partial charge is 0.408 e. The summed E-state index contributed by atoms with van der Waals surface area (Å²) in [6.07, 6.45) is 0.635. The van der Waals surface area contributed by atoms with Crippen LogP contribution >= 0.6 is 0 Å². The third kappa shape index (κ3) is 3.16. The van der Waals surface area contributed by atoms with E-state index >= 15 is 0 Å². The molecule has 1 aliphatic heterocycles. The maximum absolute atomic E-state index is 5.63. The van der Waals surface area contributed by atoms with Crippen molar-refractivity contribution in [2.24, 2.45) is 5.73 Å². The number of nitrogens with two attached hydrogens (primary N) is 1. The molecule has 0 spiro atoms. The van der Waals surface area contributed by atoms with Crippen molar-refractivity contribution >= 4 is 11.7 Å². The van der Waals surface area contributed by atoms with Gasteiger partial charge in [-0.2, -0.15) is 0 Å². The Kier molecular flexibility index (Phi) is 4.06. The van der Waals surface area contributed by atoms with E-state index in [0.29, 0.717) is 24.9 Å². The van der Waals surface area contributed by atoms with Crippen molar-refractivity contribution < 1.29 is 4.42 Å². The van der Waals surface area contributed by atoms with E-state index in [1.165, 1.54) is 11.3 Å². The Hall–Kier alpha value is -2.08. The first-order chi connectivity index (χ1) is 10.3. The molecular weight excluding hydrogens is 266 g/mol. The van der Waals surface area contributed by atoms with Crippen LogP contribution in [-0.4, -0.2) is 42.9 Å². The first-order valence-corrected chi connectivity index (χ1v) is 7.35. The first-order valence-electron chi connectivity index (χ1n) is 7.35. The molecule has 2 aromatic rings. The Morgan fingerprint density at radius 1 is 1.14 bits per heavy atom. The van der Waals surface area contributed by atoms with Crippen molar-refractivity contribution in [1.29, 1.82) is 0 Å². The summed E-state index contributed by atoms with van der Waals surface area (Å²) in [4.78, 5) is 4.53. The van der Waals surface area contributed by atoms with Crippen LogP contribution in [0.25, 0.3) is 0 Å². The van der Waals surface area contributed by atoms with Gasteiger partial charge in [0.05, 0.1) is 0 Å². The van der Waals surface area contributed by atoms with Crippen LogP contribution in [0.15, 0.2) is 28.7 Å². The zero-order valence-electron chi connectivity index (χ0n) is 12.3. The summed E-state index contributed by atoms with van der Waals surface area (Å²) in [7, 11) is 0. The summed E-state index contributed by atoms with van der Waals surface area (Å²) >= 11 is 0. The van der Waals surface area contributed by atoms with E-state index < -0.39 is 0 Å². The number of hydrogen-bond donors (Lipinski definition) is 1. The van der Waals surface area contributed by atoms with E-state index in [1.54, 1.807) is 0 Å². The van der Waals surface area contributed by atoms with E-state index in [-0.39, 0.29) is 0 Å². The highest BCUT2D eigenvalue weighted by atomic mass is 16.4. The number of anilines is 2. The lowest BCUT2D eigenvalue weighted by atomic mass is 10.2. The molecule has 1 aliphatic rings. The SMILES string of the molecule is Cc1cccc(N2CCN(c3nnc(CCN)o3)CC2)c1.